The minimum Gasteiger partial charge on any atom is -0.344 e. The van der Waals surface area contributed by atoms with Gasteiger partial charge in [0.15, 0.2) is 0 Å². The Kier molecular flexibility index (Phi) is 11.1. The number of fused-ring (bicyclic) bond motifs is 3. The number of nitrogens with zero attached hydrogens (tertiary/aromatic N) is 1. The van der Waals surface area contributed by atoms with E-state index in [0.29, 0.717) is 0 Å². The molecule has 1 heteroatoms. The summed E-state index contributed by atoms with van der Waals surface area (Å²) in [6.07, 6.45) is 5.75. The van der Waals surface area contributed by atoms with E-state index in [1.54, 1.807) is 6.08 Å². The lowest BCUT2D eigenvalue weighted by atomic mass is 10.2. The number of benzene rings is 2. The van der Waals surface area contributed by atoms with Gasteiger partial charge in [0.05, 0.1) is 0 Å². The maximum Gasteiger partial charge on any atom is 0.0488 e. The van der Waals surface area contributed by atoms with E-state index in [-0.39, 0.29) is 0 Å². The van der Waals surface area contributed by atoms with Crippen LogP contribution in [0, 0.1) is 0 Å². The van der Waals surface area contributed by atoms with Crippen molar-refractivity contribution < 1.29 is 0 Å². The van der Waals surface area contributed by atoms with Crippen molar-refractivity contribution in [2.45, 2.75) is 34.6 Å². The molecule has 0 bridgehead atoms. The first-order valence-electron chi connectivity index (χ1n) is 8.27. The number of aromatic nitrogens is 1. The lowest BCUT2D eigenvalue weighted by molar-refractivity contribution is 1.01. The predicted molar refractivity (Wildman–Crippen MR) is 108 cm³/mol. The molecule has 0 aliphatic carbocycles. The summed E-state index contributed by atoms with van der Waals surface area (Å²) in [5.41, 5.74) is 2.60. The molecule has 1 nitrogen and oxygen atoms in total. The van der Waals surface area contributed by atoms with Crippen molar-refractivity contribution in [3.05, 3.63) is 73.3 Å². The van der Waals surface area contributed by atoms with Crippen LogP contribution in [0.1, 0.15) is 34.6 Å². The van der Waals surface area contributed by atoms with Crippen LogP contribution >= 0.6 is 0 Å². The monoisotopic (exact) mass is 309 g/mol. The third-order valence-corrected chi connectivity index (χ3v) is 3.15. The fraction of sp³-hybridized carbons (Fsp3) is 0.273. The van der Waals surface area contributed by atoms with E-state index in [1.165, 1.54) is 21.8 Å². The highest BCUT2D eigenvalue weighted by molar-refractivity contribution is 6.07. The minimum absolute atomic E-state index is 1.30. The van der Waals surface area contributed by atoms with Gasteiger partial charge in [-0.3, -0.25) is 0 Å². The first kappa shape index (κ1) is 20.7. The van der Waals surface area contributed by atoms with Gasteiger partial charge >= 0.3 is 0 Å². The number of hydrogen-bond acceptors (Lipinski definition) is 0. The third kappa shape index (κ3) is 5.78. The van der Waals surface area contributed by atoms with Gasteiger partial charge in [-0.15, -0.1) is 6.58 Å². The molecule has 124 valence electrons. The van der Waals surface area contributed by atoms with Gasteiger partial charge in [-0.1, -0.05) is 68.5 Å². The largest absolute Gasteiger partial charge is 0.344 e. The van der Waals surface area contributed by atoms with Gasteiger partial charge in [-0.05, 0) is 32.9 Å². The zero-order valence-corrected chi connectivity index (χ0v) is 15.5. The highest BCUT2D eigenvalue weighted by Crippen LogP contribution is 2.26. The first-order valence-corrected chi connectivity index (χ1v) is 8.27. The van der Waals surface area contributed by atoms with Crippen molar-refractivity contribution >= 4 is 21.8 Å². The summed E-state index contributed by atoms with van der Waals surface area (Å²) >= 11 is 0. The molecule has 0 radical (unpaired) electrons. The Hall–Kier alpha value is -2.28. The number of hydrogen-bond donors (Lipinski definition) is 0. The smallest absolute Gasteiger partial charge is 0.0488 e. The molecule has 0 atom stereocenters. The molecular formula is C22H31N. The van der Waals surface area contributed by atoms with Crippen LogP contribution in [-0.4, -0.2) is 4.57 Å². The molecule has 0 fully saturated rings. The van der Waals surface area contributed by atoms with Crippen molar-refractivity contribution in [1.82, 2.24) is 4.57 Å². The molecule has 0 amide bonds. The molecule has 1 aromatic heterocycles. The minimum atomic E-state index is 1.30. The van der Waals surface area contributed by atoms with Crippen LogP contribution < -0.4 is 0 Å². The van der Waals surface area contributed by atoms with Crippen molar-refractivity contribution in [2.75, 3.05) is 0 Å². The lowest BCUT2D eigenvalue weighted by Gasteiger charge is -1.95. The van der Waals surface area contributed by atoms with Gasteiger partial charge < -0.3 is 4.57 Å². The summed E-state index contributed by atoms with van der Waals surface area (Å²) in [7, 11) is 2.12. The summed E-state index contributed by atoms with van der Waals surface area (Å²) < 4.78 is 2.24. The molecule has 3 aromatic rings. The SMILES string of the molecule is C/C=C\C.C=CC.CC.Cn1c2ccccc2c2ccccc21. The van der Waals surface area contributed by atoms with Crippen molar-refractivity contribution in [2.24, 2.45) is 7.05 Å². The van der Waals surface area contributed by atoms with Crippen LogP contribution in [0.2, 0.25) is 0 Å². The van der Waals surface area contributed by atoms with E-state index >= 15 is 0 Å². The molecule has 0 saturated carbocycles. The summed E-state index contributed by atoms with van der Waals surface area (Å²) in [5, 5.41) is 2.68. The van der Waals surface area contributed by atoms with E-state index < -0.39 is 0 Å². The maximum atomic E-state index is 3.36. The Morgan fingerprint density at radius 3 is 1.35 bits per heavy atom. The van der Waals surface area contributed by atoms with Gasteiger partial charge in [0, 0.05) is 28.9 Å². The zero-order chi connectivity index (χ0) is 17.7. The molecule has 1 heterocycles. The number of allylic oxidation sites excluding steroid dienone is 3. The zero-order valence-electron chi connectivity index (χ0n) is 15.5. The molecule has 3 rings (SSSR count). The molecule has 0 spiro atoms. The Morgan fingerprint density at radius 2 is 1.04 bits per heavy atom. The Labute approximate surface area is 142 Å². The van der Waals surface area contributed by atoms with E-state index in [1.807, 2.05) is 46.8 Å². The standard InChI is InChI=1S/C13H11N.C4H8.C3H6.C2H6/c1-14-12-8-4-2-6-10(12)11-7-3-5-9-13(11)14;1-3-4-2;1-3-2;1-2/h2-9H,1H3;3-4H,1-2H3;3H,1H2,2H3;1-2H3/b;4-3-;;. The average molecular weight is 309 g/mol. The molecule has 0 aliphatic heterocycles. The molecule has 23 heavy (non-hydrogen) atoms. The van der Waals surface area contributed by atoms with Gasteiger partial charge in [0.25, 0.3) is 0 Å². The highest BCUT2D eigenvalue weighted by Gasteiger charge is 2.04. The Morgan fingerprint density at radius 1 is 0.739 bits per heavy atom. The van der Waals surface area contributed by atoms with Crippen LogP contribution in [0.4, 0.5) is 0 Å². The summed E-state index contributed by atoms with van der Waals surface area (Å²) in [4.78, 5) is 0. The van der Waals surface area contributed by atoms with Crippen molar-refractivity contribution in [3.63, 3.8) is 0 Å². The normalized spacial score (nSPS) is 9.30. The van der Waals surface area contributed by atoms with Crippen LogP contribution in [0.3, 0.4) is 0 Å². The van der Waals surface area contributed by atoms with Crippen LogP contribution in [0.15, 0.2) is 73.3 Å². The van der Waals surface area contributed by atoms with Crippen molar-refractivity contribution in [3.8, 4) is 0 Å². The number of para-hydroxylation sites is 2. The molecule has 0 N–H and O–H groups in total. The summed E-state index contributed by atoms with van der Waals surface area (Å²) in [6.45, 7) is 13.2. The van der Waals surface area contributed by atoms with E-state index in [9.17, 15) is 0 Å². The predicted octanol–water partition coefficient (Wildman–Crippen LogP) is 7.13. The maximum absolute atomic E-state index is 3.36. The van der Waals surface area contributed by atoms with Gasteiger partial charge in [0.2, 0.25) is 0 Å². The average Bonchev–Trinajstić information content (AvgIpc) is 2.91. The first-order chi connectivity index (χ1) is 11.2. The summed E-state index contributed by atoms with van der Waals surface area (Å²) in [5.74, 6) is 0. The second-order valence-electron chi connectivity index (χ2n) is 4.67. The van der Waals surface area contributed by atoms with E-state index in [4.69, 9.17) is 0 Å². The summed E-state index contributed by atoms with van der Waals surface area (Å²) in [6, 6.07) is 17.0. The quantitative estimate of drug-likeness (QED) is 0.389. The van der Waals surface area contributed by atoms with E-state index in [0.717, 1.165) is 0 Å². The second kappa shape index (κ2) is 12.3. The molecule has 0 aliphatic rings. The molecule has 0 unspecified atom stereocenters. The van der Waals surface area contributed by atoms with E-state index in [2.05, 4.69) is 66.7 Å². The van der Waals surface area contributed by atoms with Gasteiger partial charge in [0.1, 0.15) is 0 Å². The fourth-order valence-corrected chi connectivity index (χ4v) is 2.12. The fourth-order valence-electron chi connectivity index (χ4n) is 2.12. The van der Waals surface area contributed by atoms with Crippen LogP contribution in [0.25, 0.3) is 21.8 Å². The number of rotatable bonds is 0. The van der Waals surface area contributed by atoms with Gasteiger partial charge in [-0.25, -0.2) is 0 Å². The number of aryl methyl sites for hydroxylation is 1. The topological polar surface area (TPSA) is 4.93 Å². The molecule has 0 saturated heterocycles. The lowest BCUT2D eigenvalue weighted by Crippen LogP contribution is -1.84. The molecular weight excluding hydrogens is 278 g/mol. The second-order valence-corrected chi connectivity index (χ2v) is 4.67. The van der Waals surface area contributed by atoms with Gasteiger partial charge in [-0.2, -0.15) is 0 Å². The van der Waals surface area contributed by atoms with Crippen LogP contribution in [0.5, 0.6) is 0 Å². The Bertz CT molecular complexity index is 660. The van der Waals surface area contributed by atoms with Crippen molar-refractivity contribution in [1.29, 1.82) is 0 Å². The van der Waals surface area contributed by atoms with Crippen LogP contribution in [-0.2, 0) is 7.05 Å². The highest BCUT2D eigenvalue weighted by atomic mass is 14.9. The Balaban J connectivity index is 0.000000458. The molecule has 2 aromatic carbocycles. The third-order valence-electron chi connectivity index (χ3n) is 3.15.